The molecule has 7 nitrogen and oxygen atoms in total. The lowest BCUT2D eigenvalue weighted by molar-refractivity contribution is 0.00791. The fourth-order valence-corrected chi connectivity index (χ4v) is 4.48. The van der Waals surface area contributed by atoms with E-state index in [1.807, 2.05) is 12.1 Å². The molecule has 3 heterocycles. The fourth-order valence-electron chi connectivity index (χ4n) is 4.48. The molecule has 0 bridgehead atoms. The van der Waals surface area contributed by atoms with Crippen molar-refractivity contribution in [3.63, 3.8) is 0 Å². The normalized spacial score (nSPS) is 23.7. The highest BCUT2D eigenvalue weighted by atomic mass is 16.5. The maximum Gasteiger partial charge on any atom is 0.137 e. The first-order chi connectivity index (χ1) is 13.9. The van der Waals surface area contributed by atoms with Crippen molar-refractivity contribution in [2.45, 2.75) is 37.8 Å². The van der Waals surface area contributed by atoms with E-state index in [9.17, 15) is 0 Å². The summed E-state index contributed by atoms with van der Waals surface area (Å²) in [6, 6.07) is 9.41. The van der Waals surface area contributed by atoms with Crippen LogP contribution in [-0.4, -0.2) is 63.5 Å². The summed E-state index contributed by atoms with van der Waals surface area (Å²) in [7, 11) is 0. The number of aromatic amines is 1. The minimum absolute atomic E-state index is 0.464. The van der Waals surface area contributed by atoms with Crippen molar-refractivity contribution in [2.75, 3.05) is 31.6 Å². The second-order valence-corrected chi connectivity index (χ2v) is 7.72. The SMILES string of the molecule is c1cc(-c2ccc3ncnc(NC4CCC(N5CCOCC5)CC4)c3c2)[nH]n1. The molecule has 146 valence electrons. The van der Waals surface area contributed by atoms with Crippen molar-refractivity contribution in [1.29, 1.82) is 0 Å². The number of morpholine rings is 1. The molecule has 0 spiro atoms. The number of nitrogens with zero attached hydrogens (tertiary/aromatic N) is 4. The smallest absolute Gasteiger partial charge is 0.137 e. The van der Waals surface area contributed by atoms with E-state index in [0.29, 0.717) is 12.1 Å². The molecule has 1 saturated heterocycles. The van der Waals surface area contributed by atoms with E-state index in [1.165, 1.54) is 25.7 Å². The Labute approximate surface area is 164 Å². The van der Waals surface area contributed by atoms with Crippen molar-refractivity contribution in [2.24, 2.45) is 0 Å². The van der Waals surface area contributed by atoms with Crippen molar-refractivity contribution in [1.82, 2.24) is 25.1 Å². The van der Waals surface area contributed by atoms with E-state index in [4.69, 9.17) is 4.74 Å². The predicted octanol–water partition coefficient (Wildman–Crippen LogP) is 3.08. The van der Waals surface area contributed by atoms with Gasteiger partial charge in [0.25, 0.3) is 0 Å². The fraction of sp³-hybridized carbons (Fsp3) is 0.476. The molecule has 2 aliphatic rings. The summed E-state index contributed by atoms with van der Waals surface area (Å²) in [5, 5.41) is 11.8. The number of anilines is 1. The summed E-state index contributed by atoms with van der Waals surface area (Å²) in [6.45, 7) is 3.92. The first kappa shape index (κ1) is 17.6. The standard InChI is InChI=1S/C21H26N6O/c1-6-20-18(13-15(1)19-7-8-24-26-19)21(23-14-22-20)25-16-2-4-17(5-3-16)27-9-11-28-12-10-27/h1,6-8,13-14,16-17H,2-5,9-12H2,(H,24,26)(H,22,23,25). The van der Waals surface area contributed by atoms with Crippen LogP contribution in [0, 0.1) is 0 Å². The Morgan fingerprint density at radius 2 is 1.89 bits per heavy atom. The van der Waals surface area contributed by atoms with Gasteiger partial charge in [0.1, 0.15) is 12.1 Å². The van der Waals surface area contributed by atoms with Crippen molar-refractivity contribution < 1.29 is 4.74 Å². The van der Waals surface area contributed by atoms with Gasteiger partial charge in [0.15, 0.2) is 0 Å². The van der Waals surface area contributed by atoms with Crippen LogP contribution in [0.5, 0.6) is 0 Å². The summed E-state index contributed by atoms with van der Waals surface area (Å²) >= 11 is 0. The maximum atomic E-state index is 5.49. The largest absolute Gasteiger partial charge is 0.379 e. The number of fused-ring (bicyclic) bond motifs is 1. The summed E-state index contributed by atoms with van der Waals surface area (Å²) in [6.07, 6.45) is 8.24. The van der Waals surface area contributed by atoms with Crippen LogP contribution in [-0.2, 0) is 4.74 Å². The average molecular weight is 378 g/mol. The van der Waals surface area contributed by atoms with E-state index in [2.05, 4.69) is 42.5 Å². The summed E-state index contributed by atoms with van der Waals surface area (Å²) in [4.78, 5) is 11.6. The highest BCUT2D eigenvalue weighted by Crippen LogP contribution is 2.29. The number of nitrogens with one attached hydrogen (secondary N) is 2. The van der Waals surface area contributed by atoms with Gasteiger partial charge in [0.2, 0.25) is 0 Å². The molecule has 0 unspecified atom stereocenters. The molecule has 0 radical (unpaired) electrons. The number of H-pyrrole nitrogens is 1. The quantitative estimate of drug-likeness (QED) is 0.726. The van der Waals surface area contributed by atoms with E-state index < -0.39 is 0 Å². The average Bonchev–Trinajstić information content (AvgIpc) is 3.30. The minimum Gasteiger partial charge on any atom is -0.379 e. The number of hydrogen-bond donors (Lipinski definition) is 2. The Kier molecular flexibility index (Phi) is 4.93. The van der Waals surface area contributed by atoms with Gasteiger partial charge in [-0.1, -0.05) is 6.07 Å². The second kappa shape index (κ2) is 7.85. The highest BCUT2D eigenvalue weighted by molar-refractivity contribution is 5.92. The monoisotopic (exact) mass is 378 g/mol. The molecular formula is C21H26N6O. The third-order valence-corrected chi connectivity index (χ3v) is 6.05. The topological polar surface area (TPSA) is 79.0 Å². The van der Waals surface area contributed by atoms with Gasteiger partial charge in [0, 0.05) is 42.3 Å². The molecule has 1 aliphatic heterocycles. The van der Waals surface area contributed by atoms with Gasteiger partial charge in [0.05, 0.1) is 24.4 Å². The molecule has 2 N–H and O–H groups in total. The number of hydrogen-bond acceptors (Lipinski definition) is 6. The van der Waals surface area contributed by atoms with Crippen molar-refractivity contribution in [3.05, 3.63) is 36.8 Å². The molecule has 5 rings (SSSR count). The first-order valence-corrected chi connectivity index (χ1v) is 10.2. The van der Waals surface area contributed by atoms with E-state index >= 15 is 0 Å². The Morgan fingerprint density at radius 1 is 1.04 bits per heavy atom. The summed E-state index contributed by atoms with van der Waals surface area (Å²) < 4.78 is 5.49. The Bertz CT molecular complexity index is 914. The zero-order valence-corrected chi connectivity index (χ0v) is 16.0. The molecule has 1 saturated carbocycles. The minimum atomic E-state index is 0.464. The van der Waals surface area contributed by atoms with E-state index in [0.717, 1.165) is 54.3 Å². The molecule has 28 heavy (non-hydrogen) atoms. The van der Waals surface area contributed by atoms with Gasteiger partial charge in [-0.15, -0.1) is 0 Å². The molecular weight excluding hydrogens is 352 g/mol. The van der Waals surface area contributed by atoms with Crippen LogP contribution in [0.3, 0.4) is 0 Å². The number of ether oxygens (including phenoxy) is 1. The Hall–Kier alpha value is -2.51. The molecule has 0 amide bonds. The van der Waals surface area contributed by atoms with Crippen LogP contribution in [0.1, 0.15) is 25.7 Å². The molecule has 1 aliphatic carbocycles. The van der Waals surface area contributed by atoms with Crippen molar-refractivity contribution >= 4 is 16.7 Å². The Morgan fingerprint density at radius 3 is 2.68 bits per heavy atom. The summed E-state index contributed by atoms with van der Waals surface area (Å²) in [5.41, 5.74) is 3.06. The van der Waals surface area contributed by atoms with Crippen molar-refractivity contribution in [3.8, 4) is 11.3 Å². The summed E-state index contributed by atoms with van der Waals surface area (Å²) in [5.74, 6) is 0.932. The van der Waals surface area contributed by atoms with Crippen LogP contribution in [0.4, 0.5) is 5.82 Å². The van der Waals surface area contributed by atoms with E-state index in [-0.39, 0.29) is 0 Å². The molecule has 1 aromatic carbocycles. The van der Waals surface area contributed by atoms with Crippen LogP contribution in [0.15, 0.2) is 36.8 Å². The van der Waals surface area contributed by atoms with Gasteiger partial charge in [-0.3, -0.25) is 10.00 Å². The van der Waals surface area contributed by atoms with Gasteiger partial charge >= 0.3 is 0 Å². The Balaban J connectivity index is 1.30. The number of rotatable bonds is 4. The molecule has 2 fully saturated rings. The van der Waals surface area contributed by atoms with Crippen LogP contribution in [0.2, 0.25) is 0 Å². The highest BCUT2D eigenvalue weighted by Gasteiger charge is 2.27. The lowest BCUT2D eigenvalue weighted by Crippen LogP contribution is -2.46. The lowest BCUT2D eigenvalue weighted by atomic mass is 9.90. The maximum absolute atomic E-state index is 5.49. The molecule has 3 aromatic rings. The van der Waals surface area contributed by atoms with E-state index in [1.54, 1.807) is 12.5 Å². The van der Waals surface area contributed by atoms with Crippen LogP contribution >= 0.6 is 0 Å². The number of benzene rings is 1. The third kappa shape index (κ3) is 3.59. The lowest BCUT2D eigenvalue weighted by Gasteiger charge is -2.39. The molecule has 7 heteroatoms. The molecule has 2 aromatic heterocycles. The van der Waals surface area contributed by atoms with Gasteiger partial charge < -0.3 is 10.1 Å². The zero-order valence-electron chi connectivity index (χ0n) is 16.0. The number of aromatic nitrogens is 4. The van der Waals surface area contributed by atoms with Gasteiger partial charge in [-0.2, -0.15) is 5.10 Å². The van der Waals surface area contributed by atoms with Crippen LogP contribution < -0.4 is 5.32 Å². The molecule has 0 atom stereocenters. The second-order valence-electron chi connectivity index (χ2n) is 7.72. The van der Waals surface area contributed by atoms with Crippen LogP contribution in [0.25, 0.3) is 22.2 Å². The predicted molar refractivity (Wildman–Crippen MR) is 109 cm³/mol. The zero-order chi connectivity index (χ0) is 18.8. The van der Waals surface area contributed by atoms with Gasteiger partial charge in [-0.25, -0.2) is 9.97 Å². The first-order valence-electron chi connectivity index (χ1n) is 10.2. The third-order valence-electron chi connectivity index (χ3n) is 6.05. The van der Waals surface area contributed by atoms with Gasteiger partial charge in [-0.05, 0) is 43.9 Å².